The summed E-state index contributed by atoms with van der Waals surface area (Å²) in [5.41, 5.74) is 2.55. The zero-order valence-electron chi connectivity index (χ0n) is 10.3. The number of rotatable bonds is 2. The molecular formula is C15H15NOS. The number of hydrogen-bond acceptors (Lipinski definition) is 3. The van der Waals surface area contributed by atoms with E-state index in [9.17, 15) is 4.79 Å². The highest BCUT2D eigenvalue weighted by atomic mass is 32.1. The van der Waals surface area contributed by atoms with E-state index >= 15 is 0 Å². The van der Waals surface area contributed by atoms with Gasteiger partial charge in [0.15, 0.2) is 10.8 Å². The summed E-state index contributed by atoms with van der Waals surface area (Å²) in [6, 6.07) is 10.6. The maximum absolute atomic E-state index is 11.4. The topological polar surface area (TPSA) is 30.0 Å². The van der Waals surface area contributed by atoms with E-state index in [0.29, 0.717) is 10.9 Å². The number of fused-ring (bicyclic) bond motifs is 1. The minimum atomic E-state index is 0.0886. The SMILES string of the molecule is CC(=O)c1nc2c(s1)CC(c1ccccc1)CC2. The van der Waals surface area contributed by atoms with Gasteiger partial charge in [-0.2, -0.15) is 0 Å². The Hall–Kier alpha value is -1.48. The molecule has 92 valence electrons. The van der Waals surface area contributed by atoms with Crippen LogP contribution in [0.15, 0.2) is 30.3 Å². The molecule has 0 N–H and O–H groups in total. The fraction of sp³-hybridized carbons (Fsp3) is 0.333. The zero-order valence-corrected chi connectivity index (χ0v) is 11.2. The van der Waals surface area contributed by atoms with Crippen LogP contribution in [-0.4, -0.2) is 10.8 Å². The molecule has 0 radical (unpaired) electrons. The Morgan fingerprint density at radius 1 is 1.33 bits per heavy atom. The van der Waals surface area contributed by atoms with Crippen LogP contribution in [0.2, 0.25) is 0 Å². The number of benzene rings is 1. The lowest BCUT2D eigenvalue weighted by Crippen LogP contribution is -2.11. The maximum atomic E-state index is 11.4. The Morgan fingerprint density at radius 2 is 2.11 bits per heavy atom. The van der Waals surface area contributed by atoms with Crippen LogP contribution >= 0.6 is 11.3 Å². The standard InChI is InChI=1S/C15H15NOS/c1-10(17)15-16-13-8-7-12(9-14(13)18-15)11-5-3-2-4-6-11/h2-6,12H,7-9H2,1H3. The molecule has 1 aliphatic rings. The quantitative estimate of drug-likeness (QED) is 0.769. The van der Waals surface area contributed by atoms with E-state index in [1.165, 1.54) is 10.4 Å². The van der Waals surface area contributed by atoms with Crippen LogP contribution in [0.4, 0.5) is 0 Å². The summed E-state index contributed by atoms with van der Waals surface area (Å²) in [6.07, 6.45) is 3.17. The number of Topliss-reactive ketones (excluding diaryl/α,β-unsaturated/α-hetero) is 1. The Balaban J connectivity index is 1.87. The van der Waals surface area contributed by atoms with Gasteiger partial charge in [0, 0.05) is 11.8 Å². The van der Waals surface area contributed by atoms with Gasteiger partial charge in [-0.25, -0.2) is 4.98 Å². The summed E-state index contributed by atoms with van der Waals surface area (Å²) in [6.45, 7) is 1.60. The van der Waals surface area contributed by atoms with Crippen molar-refractivity contribution in [3.05, 3.63) is 51.5 Å². The van der Waals surface area contributed by atoms with Gasteiger partial charge in [0.1, 0.15) is 0 Å². The van der Waals surface area contributed by atoms with E-state index in [1.807, 2.05) is 0 Å². The highest BCUT2D eigenvalue weighted by molar-refractivity contribution is 7.13. The number of ketones is 1. The van der Waals surface area contributed by atoms with Crippen LogP contribution in [0.3, 0.4) is 0 Å². The number of aryl methyl sites for hydroxylation is 1. The molecule has 18 heavy (non-hydrogen) atoms. The zero-order chi connectivity index (χ0) is 12.5. The highest BCUT2D eigenvalue weighted by Gasteiger charge is 2.24. The van der Waals surface area contributed by atoms with E-state index in [1.54, 1.807) is 18.3 Å². The minimum Gasteiger partial charge on any atom is -0.292 e. The number of hydrogen-bond donors (Lipinski definition) is 0. The van der Waals surface area contributed by atoms with Crippen LogP contribution in [0.1, 0.15) is 45.2 Å². The molecule has 0 aliphatic heterocycles. The Morgan fingerprint density at radius 3 is 2.83 bits per heavy atom. The van der Waals surface area contributed by atoms with Gasteiger partial charge in [0.05, 0.1) is 5.69 Å². The lowest BCUT2D eigenvalue weighted by atomic mass is 9.85. The smallest absolute Gasteiger partial charge is 0.188 e. The number of carbonyl (C=O) groups is 1. The van der Waals surface area contributed by atoms with Crippen molar-refractivity contribution in [2.45, 2.75) is 32.1 Å². The first-order valence-electron chi connectivity index (χ1n) is 6.28. The van der Waals surface area contributed by atoms with Crippen molar-refractivity contribution in [2.24, 2.45) is 0 Å². The van der Waals surface area contributed by atoms with Crippen molar-refractivity contribution in [3.63, 3.8) is 0 Å². The molecule has 2 aromatic rings. The second-order valence-electron chi connectivity index (χ2n) is 4.80. The van der Waals surface area contributed by atoms with Crippen LogP contribution in [0.25, 0.3) is 0 Å². The predicted octanol–water partition coefficient (Wildman–Crippen LogP) is 3.62. The molecular weight excluding hydrogens is 242 g/mol. The van der Waals surface area contributed by atoms with Crippen LogP contribution in [0, 0.1) is 0 Å². The summed E-state index contributed by atoms with van der Waals surface area (Å²) >= 11 is 1.58. The molecule has 2 nitrogen and oxygen atoms in total. The molecule has 1 aliphatic carbocycles. The molecule has 0 spiro atoms. The third-order valence-electron chi connectivity index (χ3n) is 3.51. The number of carbonyl (C=O) groups excluding carboxylic acids is 1. The molecule has 0 saturated carbocycles. The first-order valence-corrected chi connectivity index (χ1v) is 7.10. The second-order valence-corrected chi connectivity index (χ2v) is 5.88. The van der Waals surface area contributed by atoms with E-state index in [0.717, 1.165) is 25.0 Å². The molecule has 1 atom stereocenters. The fourth-order valence-electron chi connectivity index (χ4n) is 2.54. The Labute approximate surface area is 111 Å². The van der Waals surface area contributed by atoms with Crippen molar-refractivity contribution in [1.29, 1.82) is 0 Å². The lowest BCUT2D eigenvalue weighted by molar-refractivity contribution is 0.101. The largest absolute Gasteiger partial charge is 0.292 e. The van der Waals surface area contributed by atoms with Crippen molar-refractivity contribution in [2.75, 3.05) is 0 Å². The fourth-order valence-corrected chi connectivity index (χ4v) is 3.62. The van der Waals surface area contributed by atoms with Gasteiger partial charge < -0.3 is 0 Å². The van der Waals surface area contributed by atoms with Gasteiger partial charge in [-0.15, -0.1) is 11.3 Å². The molecule has 1 heterocycles. The summed E-state index contributed by atoms with van der Waals surface area (Å²) in [7, 11) is 0. The maximum Gasteiger partial charge on any atom is 0.188 e. The van der Waals surface area contributed by atoms with Crippen LogP contribution in [0.5, 0.6) is 0 Å². The number of aromatic nitrogens is 1. The first kappa shape index (κ1) is 11.6. The summed E-state index contributed by atoms with van der Waals surface area (Å²) in [5, 5.41) is 0.675. The predicted molar refractivity (Wildman–Crippen MR) is 73.3 cm³/mol. The highest BCUT2D eigenvalue weighted by Crippen LogP contribution is 2.35. The molecule has 0 saturated heterocycles. The second kappa shape index (κ2) is 4.65. The molecule has 3 heteroatoms. The van der Waals surface area contributed by atoms with E-state index in [4.69, 9.17) is 0 Å². The normalized spacial score (nSPS) is 18.4. The monoisotopic (exact) mass is 257 g/mol. The van der Waals surface area contributed by atoms with Crippen molar-refractivity contribution >= 4 is 17.1 Å². The molecule has 3 rings (SSSR count). The summed E-state index contributed by atoms with van der Waals surface area (Å²) in [4.78, 5) is 17.1. The first-order chi connectivity index (χ1) is 8.74. The third-order valence-corrected chi connectivity index (χ3v) is 4.73. The van der Waals surface area contributed by atoms with Crippen molar-refractivity contribution in [3.8, 4) is 0 Å². The third kappa shape index (κ3) is 2.10. The van der Waals surface area contributed by atoms with Crippen LogP contribution in [-0.2, 0) is 12.8 Å². The molecule has 1 unspecified atom stereocenters. The van der Waals surface area contributed by atoms with Gasteiger partial charge in [-0.05, 0) is 30.7 Å². The average molecular weight is 257 g/mol. The Bertz CT molecular complexity index is 573. The van der Waals surface area contributed by atoms with E-state index < -0.39 is 0 Å². The minimum absolute atomic E-state index is 0.0886. The average Bonchev–Trinajstić information content (AvgIpc) is 2.82. The molecule has 1 aromatic heterocycles. The lowest BCUT2D eigenvalue weighted by Gasteiger charge is -2.21. The van der Waals surface area contributed by atoms with E-state index in [-0.39, 0.29) is 5.78 Å². The van der Waals surface area contributed by atoms with Crippen LogP contribution < -0.4 is 0 Å². The van der Waals surface area contributed by atoms with Gasteiger partial charge >= 0.3 is 0 Å². The number of thiazole rings is 1. The van der Waals surface area contributed by atoms with Crippen molar-refractivity contribution in [1.82, 2.24) is 4.98 Å². The number of nitrogens with zero attached hydrogens (tertiary/aromatic N) is 1. The molecule has 0 amide bonds. The summed E-state index contributed by atoms with van der Waals surface area (Å²) < 4.78 is 0. The molecule has 1 aromatic carbocycles. The van der Waals surface area contributed by atoms with Gasteiger partial charge in [-0.3, -0.25) is 4.79 Å². The molecule has 0 fully saturated rings. The van der Waals surface area contributed by atoms with Crippen molar-refractivity contribution < 1.29 is 4.79 Å². The van der Waals surface area contributed by atoms with Gasteiger partial charge in [0.25, 0.3) is 0 Å². The summed E-state index contributed by atoms with van der Waals surface area (Å²) in [5.74, 6) is 0.671. The Kier molecular flexibility index (Phi) is 3.00. The van der Waals surface area contributed by atoms with E-state index in [2.05, 4.69) is 35.3 Å². The molecule has 0 bridgehead atoms. The van der Waals surface area contributed by atoms with Gasteiger partial charge in [0.2, 0.25) is 0 Å². The van der Waals surface area contributed by atoms with Gasteiger partial charge in [-0.1, -0.05) is 30.3 Å².